The van der Waals surface area contributed by atoms with Gasteiger partial charge in [0.2, 0.25) is 0 Å². The van der Waals surface area contributed by atoms with E-state index in [0.29, 0.717) is 15.5 Å². The normalized spacial score (nSPS) is 17.0. The molecule has 1 aromatic heterocycles. The largest absolute Gasteiger partial charge is 0.397 e. The highest BCUT2D eigenvalue weighted by Crippen LogP contribution is 2.43. The molecular formula is C18H20N4O3S2. The van der Waals surface area contributed by atoms with E-state index in [2.05, 4.69) is 10.9 Å². The monoisotopic (exact) mass is 404 g/mol. The molecule has 1 aromatic carbocycles. The molecule has 0 saturated carbocycles. The SMILES string of the molecule is CC1=C(C)c2c(sc(C(=O)N3CC(S(=O)(=O)c4ccccc4)C3)c2N)NN1. The summed E-state index contributed by atoms with van der Waals surface area (Å²) in [7, 11) is -3.43. The summed E-state index contributed by atoms with van der Waals surface area (Å²) in [5.74, 6) is -0.223. The minimum atomic E-state index is -3.43. The first kappa shape index (κ1) is 17.9. The average molecular weight is 405 g/mol. The second-order valence-electron chi connectivity index (χ2n) is 6.74. The summed E-state index contributed by atoms with van der Waals surface area (Å²) in [6, 6.07) is 8.34. The van der Waals surface area contributed by atoms with Gasteiger partial charge in [0.05, 0.1) is 10.6 Å². The quantitative estimate of drug-likeness (QED) is 0.725. The maximum atomic E-state index is 12.9. The molecule has 1 saturated heterocycles. The van der Waals surface area contributed by atoms with Crippen LogP contribution in [0.2, 0.25) is 0 Å². The Morgan fingerprint density at radius 3 is 2.52 bits per heavy atom. The molecule has 0 radical (unpaired) electrons. The molecule has 2 aliphatic heterocycles. The van der Waals surface area contributed by atoms with Crippen LogP contribution in [-0.2, 0) is 9.84 Å². The number of benzene rings is 1. The molecule has 7 nitrogen and oxygen atoms in total. The fraction of sp³-hybridized carbons (Fsp3) is 0.278. The third kappa shape index (κ3) is 2.78. The second-order valence-corrected chi connectivity index (χ2v) is 9.99. The number of nitrogens with zero attached hydrogens (tertiary/aromatic N) is 1. The van der Waals surface area contributed by atoms with Crippen LogP contribution in [0.3, 0.4) is 0 Å². The lowest BCUT2D eigenvalue weighted by Crippen LogP contribution is -2.56. The number of amides is 1. The Kier molecular flexibility index (Phi) is 4.15. The van der Waals surface area contributed by atoms with Gasteiger partial charge in [-0.1, -0.05) is 18.2 Å². The molecule has 0 bridgehead atoms. The number of allylic oxidation sites excluding steroid dienone is 2. The van der Waals surface area contributed by atoms with Crippen LogP contribution in [0.5, 0.6) is 0 Å². The van der Waals surface area contributed by atoms with Crippen LogP contribution in [0.15, 0.2) is 40.9 Å². The van der Waals surface area contributed by atoms with E-state index in [1.165, 1.54) is 16.2 Å². The number of hydrogen-bond acceptors (Lipinski definition) is 7. The number of nitrogens with one attached hydrogen (secondary N) is 2. The smallest absolute Gasteiger partial charge is 0.266 e. The van der Waals surface area contributed by atoms with Crippen molar-refractivity contribution in [1.82, 2.24) is 10.3 Å². The van der Waals surface area contributed by atoms with E-state index in [4.69, 9.17) is 5.73 Å². The van der Waals surface area contributed by atoms with Gasteiger partial charge in [0.25, 0.3) is 5.91 Å². The number of carbonyl (C=O) groups is 1. The van der Waals surface area contributed by atoms with E-state index < -0.39 is 15.1 Å². The van der Waals surface area contributed by atoms with Crippen molar-refractivity contribution in [2.24, 2.45) is 0 Å². The molecule has 0 atom stereocenters. The first-order chi connectivity index (χ1) is 12.8. The lowest BCUT2D eigenvalue weighted by Gasteiger charge is -2.38. The number of nitrogens with two attached hydrogens (primary N) is 1. The second kappa shape index (κ2) is 6.28. The van der Waals surface area contributed by atoms with Crippen LogP contribution in [0, 0.1) is 0 Å². The fourth-order valence-corrected chi connectivity index (χ4v) is 6.01. The summed E-state index contributed by atoms with van der Waals surface area (Å²) in [5.41, 5.74) is 15.6. The molecule has 1 fully saturated rings. The Hall–Kier alpha value is -2.52. The molecule has 1 amide bonds. The molecule has 0 unspecified atom stereocenters. The first-order valence-electron chi connectivity index (χ1n) is 8.51. The van der Waals surface area contributed by atoms with Crippen LogP contribution in [0.4, 0.5) is 10.7 Å². The van der Waals surface area contributed by atoms with Crippen molar-refractivity contribution < 1.29 is 13.2 Å². The van der Waals surface area contributed by atoms with Crippen molar-refractivity contribution in [1.29, 1.82) is 0 Å². The van der Waals surface area contributed by atoms with Crippen LogP contribution in [-0.4, -0.2) is 37.6 Å². The molecule has 0 spiro atoms. The summed E-state index contributed by atoms with van der Waals surface area (Å²) >= 11 is 1.29. The lowest BCUT2D eigenvalue weighted by atomic mass is 10.0. The Morgan fingerprint density at radius 2 is 1.85 bits per heavy atom. The number of likely N-dealkylation sites (tertiary alicyclic amines) is 1. The van der Waals surface area contributed by atoms with Gasteiger partial charge in [-0.05, 0) is 31.6 Å². The molecule has 4 N–H and O–H groups in total. The number of rotatable bonds is 3. The van der Waals surface area contributed by atoms with Gasteiger partial charge < -0.3 is 16.1 Å². The van der Waals surface area contributed by atoms with Crippen LogP contribution in [0.25, 0.3) is 5.57 Å². The Bertz CT molecular complexity index is 1050. The zero-order valence-corrected chi connectivity index (χ0v) is 16.6. The van der Waals surface area contributed by atoms with Gasteiger partial charge in [0, 0.05) is 24.4 Å². The average Bonchev–Trinajstić information content (AvgIpc) is 2.95. The number of anilines is 2. The maximum absolute atomic E-state index is 12.9. The molecule has 3 heterocycles. The maximum Gasteiger partial charge on any atom is 0.266 e. The number of hydrogen-bond donors (Lipinski definition) is 3. The molecule has 9 heteroatoms. The van der Waals surface area contributed by atoms with E-state index in [9.17, 15) is 13.2 Å². The molecule has 142 valence electrons. The van der Waals surface area contributed by atoms with E-state index in [-0.39, 0.29) is 19.0 Å². The number of sulfone groups is 1. The van der Waals surface area contributed by atoms with E-state index in [0.717, 1.165) is 21.8 Å². The van der Waals surface area contributed by atoms with Gasteiger partial charge in [-0.25, -0.2) is 8.42 Å². The Labute approximate surface area is 161 Å². The number of fused-ring (bicyclic) bond motifs is 1. The molecule has 4 rings (SSSR count). The third-order valence-electron chi connectivity index (χ3n) is 5.09. The molecule has 2 aliphatic rings. The topological polar surface area (TPSA) is 105 Å². The molecule has 0 aliphatic carbocycles. The van der Waals surface area contributed by atoms with Gasteiger partial charge in [-0.2, -0.15) is 0 Å². The Morgan fingerprint density at radius 1 is 1.19 bits per heavy atom. The van der Waals surface area contributed by atoms with Crippen molar-refractivity contribution in [2.45, 2.75) is 24.0 Å². The summed E-state index contributed by atoms with van der Waals surface area (Å²) in [4.78, 5) is 15.1. The lowest BCUT2D eigenvalue weighted by molar-refractivity contribution is 0.0665. The highest BCUT2D eigenvalue weighted by Gasteiger charge is 2.42. The summed E-state index contributed by atoms with van der Waals surface area (Å²) in [6.07, 6.45) is 0. The number of thiophene rings is 1. The summed E-state index contributed by atoms with van der Waals surface area (Å²) < 4.78 is 25.3. The minimum absolute atomic E-state index is 0.178. The predicted octanol–water partition coefficient (Wildman–Crippen LogP) is 2.31. The number of hydrazine groups is 1. The van der Waals surface area contributed by atoms with Crippen molar-refractivity contribution in [2.75, 3.05) is 24.2 Å². The molecule has 27 heavy (non-hydrogen) atoms. The van der Waals surface area contributed by atoms with Gasteiger partial charge in [-0.3, -0.25) is 10.2 Å². The van der Waals surface area contributed by atoms with Crippen LogP contribution in [0.1, 0.15) is 29.1 Å². The van der Waals surface area contributed by atoms with Gasteiger partial charge in [0.1, 0.15) is 15.1 Å². The van der Waals surface area contributed by atoms with Crippen molar-refractivity contribution >= 4 is 43.3 Å². The Balaban J connectivity index is 1.53. The number of nitrogen functional groups attached to an aromatic ring is 1. The van der Waals surface area contributed by atoms with Gasteiger partial charge in [0.15, 0.2) is 9.84 Å². The highest BCUT2D eigenvalue weighted by molar-refractivity contribution is 7.92. The zero-order valence-electron chi connectivity index (χ0n) is 14.9. The number of carbonyl (C=O) groups excluding carboxylic acids is 1. The summed E-state index contributed by atoms with van der Waals surface area (Å²) in [5, 5.41) is 0.219. The fourth-order valence-electron chi connectivity index (χ4n) is 3.24. The van der Waals surface area contributed by atoms with Crippen molar-refractivity contribution in [3.63, 3.8) is 0 Å². The van der Waals surface area contributed by atoms with Crippen molar-refractivity contribution in [3.05, 3.63) is 46.5 Å². The molecule has 2 aromatic rings. The highest BCUT2D eigenvalue weighted by atomic mass is 32.2. The summed E-state index contributed by atoms with van der Waals surface area (Å²) in [6.45, 7) is 4.24. The van der Waals surface area contributed by atoms with Crippen LogP contribution >= 0.6 is 11.3 Å². The van der Waals surface area contributed by atoms with E-state index >= 15 is 0 Å². The van der Waals surface area contributed by atoms with E-state index in [1.807, 2.05) is 13.8 Å². The van der Waals surface area contributed by atoms with Gasteiger partial charge in [-0.15, -0.1) is 11.3 Å². The van der Waals surface area contributed by atoms with Gasteiger partial charge >= 0.3 is 0 Å². The van der Waals surface area contributed by atoms with Crippen LogP contribution < -0.4 is 16.6 Å². The standard InChI is InChI=1S/C18H20N4O3S2/c1-10-11(2)20-21-17-14(10)15(19)16(26-17)18(23)22-8-13(9-22)27(24,25)12-6-4-3-5-7-12/h3-7,13,20-21H,8-9,19H2,1-2H3. The predicted molar refractivity (Wildman–Crippen MR) is 107 cm³/mol. The third-order valence-corrected chi connectivity index (χ3v) is 8.30. The zero-order chi connectivity index (χ0) is 19.3. The first-order valence-corrected chi connectivity index (χ1v) is 10.9. The van der Waals surface area contributed by atoms with E-state index in [1.54, 1.807) is 30.3 Å². The van der Waals surface area contributed by atoms with Crippen molar-refractivity contribution in [3.8, 4) is 0 Å². The molecular weight excluding hydrogens is 384 g/mol. The minimum Gasteiger partial charge on any atom is -0.397 e.